The van der Waals surface area contributed by atoms with Crippen molar-refractivity contribution in [3.05, 3.63) is 0 Å². The van der Waals surface area contributed by atoms with Gasteiger partial charge in [0, 0.05) is 0 Å². The summed E-state index contributed by atoms with van der Waals surface area (Å²) in [5.41, 5.74) is -3.96. The zero-order valence-electron chi connectivity index (χ0n) is 9.14. The van der Waals surface area contributed by atoms with Crippen LogP contribution < -0.4 is 0 Å². The fourth-order valence-electron chi connectivity index (χ4n) is 2.07. The van der Waals surface area contributed by atoms with Gasteiger partial charge in [-0.15, -0.1) is 0 Å². The zero-order valence-corrected chi connectivity index (χ0v) is 9.14. The second kappa shape index (κ2) is 3.61. The third-order valence-corrected chi connectivity index (χ3v) is 3.59. The molecular formula is C10H15F3O3. The Bertz CT molecular complexity index is 298. The molecule has 1 aliphatic carbocycles. The number of hydrogen-bond acceptors (Lipinski definition) is 2. The van der Waals surface area contributed by atoms with E-state index in [1.807, 2.05) is 0 Å². The van der Waals surface area contributed by atoms with Crippen LogP contribution in [-0.4, -0.2) is 28.0 Å². The summed E-state index contributed by atoms with van der Waals surface area (Å²) in [5, 5.41) is 18.3. The number of aliphatic hydroxyl groups is 1. The number of aliphatic carboxylic acids is 1. The minimum atomic E-state index is -4.68. The molecule has 6 heteroatoms. The van der Waals surface area contributed by atoms with Crippen molar-refractivity contribution >= 4 is 5.97 Å². The van der Waals surface area contributed by atoms with Crippen LogP contribution in [-0.2, 0) is 4.79 Å². The predicted octanol–water partition coefficient (Wildman–Crippen LogP) is 2.19. The number of halogens is 3. The van der Waals surface area contributed by atoms with Crippen molar-refractivity contribution in [2.24, 2.45) is 11.3 Å². The molecule has 0 amide bonds. The van der Waals surface area contributed by atoms with Gasteiger partial charge in [-0.1, -0.05) is 0 Å². The third-order valence-electron chi connectivity index (χ3n) is 3.59. The summed E-state index contributed by atoms with van der Waals surface area (Å²) < 4.78 is 37.5. The molecule has 0 radical (unpaired) electrons. The lowest BCUT2D eigenvalue weighted by atomic mass is 9.77. The van der Waals surface area contributed by atoms with Gasteiger partial charge in [-0.2, -0.15) is 13.2 Å². The molecule has 0 saturated heterocycles. The molecule has 0 bridgehead atoms. The molecule has 3 nitrogen and oxygen atoms in total. The van der Waals surface area contributed by atoms with E-state index in [1.165, 1.54) is 13.8 Å². The Morgan fingerprint density at radius 2 is 1.88 bits per heavy atom. The third kappa shape index (κ3) is 2.03. The van der Waals surface area contributed by atoms with Crippen molar-refractivity contribution in [1.82, 2.24) is 0 Å². The number of carboxylic acids is 1. The van der Waals surface area contributed by atoms with Gasteiger partial charge in [0.2, 0.25) is 0 Å². The molecule has 1 aliphatic rings. The largest absolute Gasteiger partial charge is 0.481 e. The fourth-order valence-corrected chi connectivity index (χ4v) is 2.07. The Morgan fingerprint density at radius 1 is 1.38 bits per heavy atom. The van der Waals surface area contributed by atoms with Crippen molar-refractivity contribution in [3.63, 3.8) is 0 Å². The molecular weight excluding hydrogens is 225 g/mol. The Balaban J connectivity index is 2.85. The van der Waals surface area contributed by atoms with Crippen LogP contribution in [0.3, 0.4) is 0 Å². The maximum absolute atomic E-state index is 12.5. The Kier molecular flexibility index (Phi) is 3.00. The van der Waals surface area contributed by atoms with Gasteiger partial charge in [0.15, 0.2) is 5.60 Å². The average Bonchev–Trinajstić information content (AvgIpc) is 2.48. The number of rotatable bonds is 2. The van der Waals surface area contributed by atoms with Crippen molar-refractivity contribution in [2.75, 3.05) is 0 Å². The summed E-state index contributed by atoms with van der Waals surface area (Å²) in [5.74, 6) is -1.79. The molecule has 0 aromatic heterocycles. The van der Waals surface area contributed by atoms with Gasteiger partial charge in [-0.05, 0) is 39.0 Å². The first-order valence-electron chi connectivity index (χ1n) is 5.03. The van der Waals surface area contributed by atoms with Crippen molar-refractivity contribution in [2.45, 2.75) is 44.9 Å². The number of carboxylic acid groups (broad SMARTS) is 1. The minimum absolute atomic E-state index is 0.0787. The van der Waals surface area contributed by atoms with Gasteiger partial charge in [0.25, 0.3) is 0 Å². The quantitative estimate of drug-likeness (QED) is 0.777. The lowest BCUT2D eigenvalue weighted by Crippen LogP contribution is -2.44. The maximum Gasteiger partial charge on any atom is 0.417 e. The van der Waals surface area contributed by atoms with Crippen LogP contribution in [0.25, 0.3) is 0 Å². The smallest absolute Gasteiger partial charge is 0.417 e. The van der Waals surface area contributed by atoms with E-state index in [-0.39, 0.29) is 6.42 Å². The number of alkyl halides is 3. The Hall–Kier alpha value is -0.780. The van der Waals surface area contributed by atoms with E-state index in [0.29, 0.717) is 0 Å². The van der Waals surface area contributed by atoms with Crippen molar-refractivity contribution in [3.8, 4) is 0 Å². The van der Waals surface area contributed by atoms with Crippen LogP contribution in [0.4, 0.5) is 13.2 Å². The van der Waals surface area contributed by atoms with Gasteiger partial charge in [0.1, 0.15) is 0 Å². The summed E-state index contributed by atoms with van der Waals surface area (Å²) in [6.07, 6.45) is -5.56. The van der Waals surface area contributed by atoms with Crippen molar-refractivity contribution < 1.29 is 28.2 Å². The summed E-state index contributed by atoms with van der Waals surface area (Å²) in [4.78, 5) is 10.9. The number of hydrogen-bond donors (Lipinski definition) is 2. The van der Waals surface area contributed by atoms with Crippen LogP contribution in [0, 0.1) is 11.3 Å². The predicted molar refractivity (Wildman–Crippen MR) is 49.8 cm³/mol. The van der Waals surface area contributed by atoms with E-state index in [1.54, 1.807) is 0 Å². The molecule has 2 atom stereocenters. The molecule has 0 aromatic rings. The molecule has 1 rings (SSSR count). The highest BCUT2D eigenvalue weighted by Crippen LogP contribution is 2.50. The molecule has 0 aromatic carbocycles. The first-order valence-corrected chi connectivity index (χ1v) is 5.03. The molecule has 0 aliphatic heterocycles. The highest BCUT2D eigenvalue weighted by molar-refractivity contribution is 5.74. The van der Waals surface area contributed by atoms with Crippen LogP contribution in [0.1, 0.15) is 33.1 Å². The lowest BCUT2D eigenvalue weighted by molar-refractivity contribution is -0.259. The summed E-state index contributed by atoms with van der Waals surface area (Å²) in [7, 11) is 0. The van der Waals surface area contributed by atoms with Crippen LogP contribution in [0.2, 0.25) is 0 Å². The average molecular weight is 240 g/mol. The van der Waals surface area contributed by atoms with Crippen LogP contribution >= 0.6 is 0 Å². The topological polar surface area (TPSA) is 57.5 Å². The molecule has 2 unspecified atom stereocenters. The fraction of sp³-hybridized carbons (Fsp3) is 0.900. The standard InChI is InChI=1S/C10H15F3O3/c1-8(2,7(14)15)6-3-4-9(16,5-6)10(11,12)13/h6,16H,3-5H2,1-2H3,(H,14,15). The Morgan fingerprint density at radius 3 is 2.19 bits per heavy atom. The lowest BCUT2D eigenvalue weighted by Gasteiger charge is -2.30. The molecule has 1 fully saturated rings. The zero-order chi connectivity index (χ0) is 12.8. The van der Waals surface area contributed by atoms with Crippen molar-refractivity contribution in [1.29, 1.82) is 0 Å². The van der Waals surface area contributed by atoms with Gasteiger partial charge >= 0.3 is 12.1 Å². The second-order valence-corrected chi connectivity index (χ2v) is 5.00. The Labute approximate surface area is 91.3 Å². The summed E-state index contributed by atoms with van der Waals surface area (Å²) >= 11 is 0. The summed E-state index contributed by atoms with van der Waals surface area (Å²) in [6, 6.07) is 0. The normalized spacial score (nSPS) is 31.8. The van der Waals surface area contributed by atoms with E-state index in [9.17, 15) is 23.1 Å². The second-order valence-electron chi connectivity index (χ2n) is 5.00. The highest BCUT2D eigenvalue weighted by Gasteiger charge is 2.59. The van der Waals surface area contributed by atoms with E-state index in [2.05, 4.69) is 0 Å². The minimum Gasteiger partial charge on any atom is -0.481 e. The SMILES string of the molecule is CC(C)(C(=O)O)C1CCC(O)(C(F)(F)F)C1. The van der Waals surface area contributed by atoms with Gasteiger partial charge in [-0.25, -0.2) is 0 Å². The van der Waals surface area contributed by atoms with Gasteiger partial charge in [-0.3, -0.25) is 4.79 Å². The van der Waals surface area contributed by atoms with Gasteiger partial charge in [0.05, 0.1) is 5.41 Å². The van der Waals surface area contributed by atoms with E-state index >= 15 is 0 Å². The summed E-state index contributed by atoms with van der Waals surface area (Å²) in [6.45, 7) is 2.78. The van der Waals surface area contributed by atoms with Gasteiger partial charge < -0.3 is 10.2 Å². The van der Waals surface area contributed by atoms with E-state index < -0.39 is 41.9 Å². The van der Waals surface area contributed by atoms with E-state index in [4.69, 9.17) is 5.11 Å². The first-order chi connectivity index (χ1) is 7.01. The molecule has 94 valence electrons. The molecule has 1 saturated carbocycles. The maximum atomic E-state index is 12.5. The van der Waals surface area contributed by atoms with E-state index in [0.717, 1.165) is 0 Å². The monoisotopic (exact) mass is 240 g/mol. The first kappa shape index (κ1) is 13.3. The van der Waals surface area contributed by atoms with Crippen LogP contribution in [0.15, 0.2) is 0 Å². The number of carbonyl (C=O) groups is 1. The molecule has 0 spiro atoms. The highest BCUT2D eigenvalue weighted by atomic mass is 19.4. The molecule has 2 N–H and O–H groups in total. The van der Waals surface area contributed by atoms with Crippen LogP contribution in [0.5, 0.6) is 0 Å². The molecule has 16 heavy (non-hydrogen) atoms. The molecule has 0 heterocycles.